The van der Waals surface area contributed by atoms with Gasteiger partial charge in [-0.3, -0.25) is 9.59 Å². The number of rotatable bonds is 6. The minimum absolute atomic E-state index is 0.0373. The molecular weight excluding hydrogens is 547 g/mol. The minimum Gasteiger partial charge on any atom is -0.454 e. The maximum Gasteiger partial charge on any atom is 0.272 e. The number of hydrogen-bond acceptors (Lipinski definition) is 5. The van der Waals surface area contributed by atoms with Crippen molar-refractivity contribution < 1.29 is 32.2 Å². The summed E-state index contributed by atoms with van der Waals surface area (Å²) in [5, 5.41) is 2.75. The highest BCUT2D eigenvalue weighted by molar-refractivity contribution is 6.20. The second kappa shape index (κ2) is 11.0. The molecule has 212 valence electrons. The van der Waals surface area contributed by atoms with Crippen molar-refractivity contribution in [2.45, 2.75) is 18.5 Å². The SMILES string of the molecule is CN1C(=O)C(NC(=O)C(Cc2ccc(F)c(F)c2)c2ccc(F)cc2)N=C(c2ccc3c(c2)OCO3)c2ccccc21. The predicted molar refractivity (Wildman–Crippen MR) is 149 cm³/mol. The van der Waals surface area contributed by atoms with Gasteiger partial charge in [-0.1, -0.05) is 36.4 Å². The molecule has 42 heavy (non-hydrogen) atoms. The van der Waals surface area contributed by atoms with E-state index in [9.17, 15) is 22.8 Å². The van der Waals surface area contributed by atoms with Gasteiger partial charge in [-0.25, -0.2) is 18.2 Å². The maximum absolute atomic E-state index is 14.0. The van der Waals surface area contributed by atoms with Crippen LogP contribution in [0.1, 0.15) is 28.2 Å². The number of benzene rings is 4. The monoisotopic (exact) mass is 571 g/mol. The Morgan fingerprint density at radius 3 is 2.50 bits per heavy atom. The van der Waals surface area contributed by atoms with Crippen LogP contribution >= 0.6 is 0 Å². The van der Waals surface area contributed by atoms with Crippen molar-refractivity contribution in [2.75, 3.05) is 18.7 Å². The molecule has 2 aliphatic rings. The van der Waals surface area contributed by atoms with Crippen molar-refractivity contribution in [3.8, 4) is 11.5 Å². The van der Waals surface area contributed by atoms with Gasteiger partial charge in [0.2, 0.25) is 18.9 Å². The van der Waals surface area contributed by atoms with Crippen LogP contribution in [-0.2, 0) is 16.0 Å². The summed E-state index contributed by atoms with van der Waals surface area (Å²) in [4.78, 5) is 33.7. The Bertz CT molecular complexity index is 1720. The molecule has 7 nitrogen and oxygen atoms in total. The van der Waals surface area contributed by atoms with Crippen molar-refractivity contribution in [3.63, 3.8) is 0 Å². The lowest BCUT2D eigenvalue weighted by atomic mass is 9.91. The average molecular weight is 572 g/mol. The van der Waals surface area contributed by atoms with Gasteiger partial charge in [0.05, 0.1) is 17.3 Å². The van der Waals surface area contributed by atoms with Gasteiger partial charge in [-0.15, -0.1) is 0 Å². The molecule has 0 saturated heterocycles. The number of likely N-dealkylation sites (N-methyl/N-ethyl adjacent to an activating group) is 1. The van der Waals surface area contributed by atoms with E-state index in [0.29, 0.717) is 45.2 Å². The molecule has 10 heteroatoms. The molecule has 2 amide bonds. The van der Waals surface area contributed by atoms with Crippen LogP contribution in [0.15, 0.2) is 89.9 Å². The van der Waals surface area contributed by atoms with Crippen LogP contribution in [0.5, 0.6) is 11.5 Å². The molecule has 6 rings (SSSR count). The number of hydrogen-bond donors (Lipinski definition) is 1. The molecule has 2 heterocycles. The van der Waals surface area contributed by atoms with Crippen LogP contribution in [-0.4, -0.2) is 37.5 Å². The molecule has 2 atom stereocenters. The van der Waals surface area contributed by atoms with Crippen LogP contribution in [0.25, 0.3) is 0 Å². The van der Waals surface area contributed by atoms with Crippen LogP contribution in [0.4, 0.5) is 18.9 Å². The van der Waals surface area contributed by atoms with Crippen molar-refractivity contribution in [3.05, 3.63) is 125 Å². The zero-order chi connectivity index (χ0) is 29.4. The Labute approximate surface area is 239 Å². The number of ether oxygens (including phenoxy) is 2. The van der Waals surface area contributed by atoms with E-state index in [1.807, 2.05) is 12.1 Å². The molecule has 2 unspecified atom stereocenters. The molecule has 0 fully saturated rings. The number of halogens is 3. The summed E-state index contributed by atoms with van der Waals surface area (Å²) in [6, 6.07) is 21.2. The van der Waals surface area contributed by atoms with E-state index in [-0.39, 0.29) is 13.2 Å². The Morgan fingerprint density at radius 1 is 0.952 bits per heavy atom. The van der Waals surface area contributed by atoms with Gasteiger partial charge < -0.3 is 19.7 Å². The second-order valence-electron chi connectivity index (χ2n) is 9.93. The zero-order valence-corrected chi connectivity index (χ0v) is 22.3. The predicted octanol–water partition coefficient (Wildman–Crippen LogP) is 5.12. The smallest absolute Gasteiger partial charge is 0.272 e. The van der Waals surface area contributed by atoms with E-state index in [4.69, 9.17) is 14.5 Å². The zero-order valence-electron chi connectivity index (χ0n) is 22.3. The van der Waals surface area contributed by atoms with Crippen LogP contribution < -0.4 is 19.7 Å². The highest BCUT2D eigenvalue weighted by Gasteiger charge is 2.33. The quantitative estimate of drug-likeness (QED) is 0.349. The molecule has 2 aliphatic heterocycles. The molecule has 0 radical (unpaired) electrons. The normalized spacial score (nSPS) is 16.4. The minimum atomic E-state index is -1.33. The summed E-state index contributed by atoms with van der Waals surface area (Å²) >= 11 is 0. The van der Waals surface area contributed by atoms with Gasteiger partial charge in [0.1, 0.15) is 5.82 Å². The van der Waals surface area contributed by atoms with Crippen molar-refractivity contribution >= 4 is 23.2 Å². The van der Waals surface area contributed by atoms with E-state index in [1.165, 1.54) is 35.2 Å². The first-order chi connectivity index (χ1) is 20.3. The largest absolute Gasteiger partial charge is 0.454 e. The lowest BCUT2D eigenvalue weighted by Crippen LogP contribution is -2.47. The number of aliphatic imine (C=N–C) groups is 1. The number of nitrogens with one attached hydrogen (secondary N) is 1. The van der Waals surface area contributed by atoms with E-state index < -0.39 is 41.3 Å². The fourth-order valence-electron chi connectivity index (χ4n) is 5.08. The molecule has 0 aromatic heterocycles. The number of nitrogens with zero attached hydrogens (tertiary/aromatic N) is 2. The molecule has 0 bridgehead atoms. The van der Waals surface area contributed by atoms with Gasteiger partial charge in [0, 0.05) is 18.2 Å². The summed E-state index contributed by atoms with van der Waals surface area (Å²) in [6.45, 7) is 0.0878. The number of carbonyl (C=O) groups excluding carboxylic acids is 2. The Morgan fingerprint density at radius 2 is 1.71 bits per heavy atom. The van der Waals surface area contributed by atoms with Gasteiger partial charge in [-0.05, 0) is 66.1 Å². The van der Waals surface area contributed by atoms with E-state index in [2.05, 4.69) is 5.32 Å². The van der Waals surface area contributed by atoms with Gasteiger partial charge in [0.25, 0.3) is 5.91 Å². The van der Waals surface area contributed by atoms with E-state index in [0.717, 1.165) is 12.1 Å². The standard InChI is InChI=1S/C32H24F3N3O4/c1-38-26-5-3-2-4-22(26)29(20-9-13-27-28(16-20)42-17-41-27)36-30(32(38)40)37-31(39)23(19-7-10-21(33)11-8-19)14-18-6-12-24(34)25(35)15-18/h2-13,15-16,23,30H,14,17H2,1H3,(H,37,39). The van der Waals surface area contributed by atoms with Crippen molar-refractivity contribution in [1.29, 1.82) is 0 Å². The summed E-state index contributed by atoms with van der Waals surface area (Å²) in [6.07, 6.45) is -1.37. The van der Waals surface area contributed by atoms with Crippen molar-refractivity contribution in [2.24, 2.45) is 4.99 Å². The van der Waals surface area contributed by atoms with Crippen LogP contribution in [0.3, 0.4) is 0 Å². The molecule has 1 N–H and O–H groups in total. The Balaban J connectivity index is 1.38. The van der Waals surface area contributed by atoms with Crippen molar-refractivity contribution in [1.82, 2.24) is 5.32 Å². The van der Waals surface area contributed by atoms with Crippen LogP contribution in [0, 0.1) is 17.5 Å². The fourth-order valence-corrected chi connectivity index (χ4v) is 5.08. The number of para-hydroxylation sites is 1. The molecule has 0 saturated carbocycles. The third-order valence-corrected chi connectivity index (χ3v) is 7.28. The molecule has 0 spiro atoms. The van der Waals surface area contributed by atoms with Gasteiger partial charge >= 0.3 is 0 Å². The Hall–Kier alpha value is -5.12. The van der Waals surface area contributed by atoms with E-state index in [1.54, 1.807) is 37.4 Å². The second-order valence-corrected chi connectivity index (χ2v) is 9.93. The first-order valence-corrected chi connectivity index (χ1v) is 13.1. The molecule has 4 aromatic rings. The molecule has 0 aliphatic carbocycles. The number of anilines is 1. The number of amides is 2. The Kier molecular flexibility index (Phi) is 7.12. The first kappa shape index (κ1) is 27.1. The van der Waals surface area contributed by atoms with E-state index >= 15 is 0 Å². The lowest BCUT2D eigenvalue weighted by molar-refractivity contribution is -0.128. The summed E-state index contributed by atoms with van der Waals surface area (Å²) < 4.78 is 52.3. The molecule has 4 aromatic carbocycles. The summed E-state index contributed by atoms with van der Waals surface area (Å²) in [7, 11) is 1.59. The highest BCUT2D eigenvalue weighted by atomic mass is 19.2. The number of benzodiazepines with no additional fused rings is 1. The topological polar surface area (TPSA) is 80.2 Å². The number of fused-ring (bicyclic) bond motifs is 2. The fraction of sp³-hybridized carbons (Fsp3) is 0.156. The third-order valence-electron chi connectivity index (χ3n) is 7.28. The highest BCUT2D eigenvalue weighted by Crippen LogP contribution is 2.35. The summed E-state index contributed by atoms with van der Waals surface area (Å²) in [5.74, 6) is -3.51. The first-order valence-electron chi connectivity index (χ1n) is 13.1. The third kappa shape index (κ3) is 5.18. The molecular formula is C32H24F3N3O4. The van der Waals surface area contributed by atoms with Gasteiger partial charge in [0.15, 0.2) is 23.1 Å². The van der Waals surface area contributed by atoms with Crippen LogP contribution in [0.2, 0.25) is 0 Å². The maximum atomic E-state index is 14.0. The number of carbonyl (C=O) groups is 2. The summed E-state index contributed by atoms with van der Waals surface area (Å²) in [5.41, 5.74) is 3.13. The lowest BCUT2D eigenvalue weighted by Gasteiger charge is -2.23. The average Bonchev–Trinajstić information content (AvgIpc) is 3.44. The van der Waals surface area contributed by atoms with Gasteiger partial charge in [-0.2, -0.15) is 0 Å².